The van der Waals surface area contributed by atoms with E-state index < -0.39 is 0 Å². The lowest BCUT2D eigenvalue weighted by Crippen LogP contribution is -2.44. The van der Waals surface area contributed by atoms with E-state index in [1.807, 2.05) is 0 Å². The van der Waals surface area contributed by atoms with Crippen LogP contribution >= 0.6 is 27.7 Å². The van der Waals surface area contributed by atoms with Gasteiger partial charge in [-0.3, -0.25) is 0 Å². The quantitative estimate of drug-likeness (QED) is 0.714. The van der Waals surface area contributed by atoms with Crippen LogP contribution in [0.5, 0.6) is 0 Å². The number of thioether (sulfide) groups is 1. The monoisotopic (exact) mass is 277 g/mol. The van der Waals surface area contributed by atoms with Crippen LogP contribution in [0.3, 0.4) is 0 Å². The highest BCUT2D eigenvalue weighted by molar-refractivity contribution is 9.09. The lowest BCUT2D eigenvalue weighted by molar-refractivity contribution is 0.125. The van der Waals surface area contributed by atoms with E-state index in [-0.39, 0.29) is 0 Å². The largest absolute Gasteiger partial charge is 0.300 e. The van der Waals surface area contributed by atoms with Gasteiger partial charge in [0.15, 0.2) is 0 Å². The van der Waals surface area contributed by atoms with E-state index >= 15 is 0 Å². The van der Waals surface area contributed by atoms with Crippen LogP contribution in [0, 0.1) is 5.92 Å². The van der Waals surface area contributed by atoms with Crippen LogP contribution in [0.25, 0.3) is 0 Å². The molecule has 2 fully saturated rings. The van der Waals surface area contributed by atoms with Gasteiger partial charge in [0.05, 0.1) is 0 Å². The van der Waals surface area contributed by atoms with Gasteiger partial charge in [-0.25, -0.2) is 0 Å². The van der Waals surface area contributed by atoms with Crippen LogP contribution in [0.2, 0.25) is 0 Å². The predicted molar refractivity (Wildman–Crippen MR) is 68.4 cm³/mol. The Kier molecular flexibility index (Phi) is 4.64. The molecule has 0 spiro atoms. The summed E-state index contributed by atoms with van der Waals surface area (Å²) in [5, 5.41) is 1.20. The highest BCUT2D eigenvalue weighted by Gasteiger charge is 2.26. The van der Waals surface area contributed by atoms with Gasteiger partial charge in [0.1, 0.15) is 0 Å². The van der Waals surface area contributed by atoms with Crippen molar-refractivity contribution in [3.8, 4) is 0 Å². The number of hydrogen-bond donors (Lipinski definition) is 0. The number of piperidine rings is 1. The Labute approximate surface area is 100 Å². The summed E-state index contributed by atoms with van der Waals surface area (Å²) in [6, 6.07) is 0.915. The van der Waals surface area contributed by atoms with Crippen molar-refractivity contribution in [3.05, 3.63) is 0 Å². The number of likely N-dealkylation sites (tertiary alicyclic amines) is 1. The fourth-order valence-electron chi connectivity index (χ4n) is 2.61. The van der Waals surface area contributed by atoms with Gasteiger partial charge in [0, 0.05) is 17.9 Å². The Bertz CT molecular complexity index is 171. The van der Waals surface area contributed by atoms with Crippen molar-refractivity contribution < 1.29 is 0 Å². The smallest absolute Gasteiger partial charge is 0.0111 e. The first-order valence-corrected chi connectivity index (χ1v) is 8.05. The van der Waals surface area contributed by atoms with Crippen LogP contribution in [0.1, 0.15) is 25.7 Å². The summed E-state index contributed by atoms with van der Waals surface area (Å²) >= 11 is 5.76. The molecule has 0 aromatic rings. The summed E-state index contributed by atoms with van der Waals surface area (Å²) in [6.07, 6.45) is 5.71. The molecule has 82 valence electrons. The summed E-state index contributed by atoms with van der Waals surface area (Å²) in [4.78, 5) is 2.76. The molecule has 0 unspecified atom stereocenters. The number of alkyl halides is 1. The maximum Gasteiger partial charge on any atom is 0.0111 e. The molecule has 14 heavy (non-hydrogen) atoms. The van der Waals surface area contributed by atoms with Gasteiger partial charge >= 0.3 is 0 Å². The van der Waals surface area contributed by atoms with Crippen molar-refractivity contribution in [2.75, 3.05) is 29.9 Å². The zero-order chi connectivity index (χ0) is 9.80. The summed E-state index contributed by atoms with van der Waals surface area (Å²) in [5.41, 5.74) is 0. The predicted octanol–water partition coefficient (Wildman–Crippen LogP) is 2.99. The second kappa shape index (κ2) is 5.76. The third kappa shape index (κ3) is 2.89. The standard InChI is InChI=1S/C11H20BrNS/c12-8-10-2-1-5-13(9-10)11-3-6-14-7-4-11/h10-11H,1-9H2/t10-/m0/s1. The SMILES string of the molecule is BrC[C@@H]1CCCN(C2CCSCC2)C1. The summed E-state index contributed by atoms with van der Waals surface area (Å²) in [6.45, 7) is 2.71. The van der Waals surface area contributed by atoms with Gasteiger partial charge < -0.3 is 4.90 Å². The van der Waals surface area contributed by atoms with E-state index in [1.165, 1.54) is 55.6 Å². The first kappa shape index (κ1) is 11.3. The molecule has 2 aliphatic heterocycles. The van der Waals surface area contributed by atoms with Crippen molar-refractivity contribution in [3.63, 3.8) is 0 Å². The molecule has 1 atom stereocenters. The summed E-state index contributed by atoms with van der Waals surface area (Å²) in [7, 11) is 0. The van der Waals surface area contributed by atoms with Crippen molar-refractivity contribution in [1.82, 2.24) is 4.90 Å². The lowest BCUT2D eigenvalue weighted by Gasteiger charge is -2.39. The van der Waals surface area contributed by atoms with Crippen LogP contribution < -0.4 is 0 Å². The van der Waals surface area contributed by atoms with Crippen LogP contribution in [0.4, 0.5) is 0 Å². The van der Waals surface area contributed by atoms with Crippen molar-refractivity contribution in [1.29, 1.82) is 0 Å². The normalized spacial score (nSPS) is 31.9. The fraction of sp³-hybridized carbons (Fsp3) is 1.00. The van der Waals surface area contributed by atoms with Gasteiger partial charge in [-0.2, -0.15) is 11.8 Å². The molecule has 2 aliphatic rings. The second-order valence-corrected chi connectivity index (χ2v) is 6.37. The maximum absolute atomic E-state index is 3.63. The summed E-state index contributed by atoms with van der Waals surface area (Å²) in [5.74, 6) is 3.69. The minimum Gasteiger partial charge on any atom is -0.300 e. The van der Waals surface area contributed by atoms with Crippen LogP contribution in [0.15, 0.2) is 0 Å². The van der Waals surface area contributed by atoms with Gasteiger partial charge in [-0.15, -0.1) is 0 Å². The molecule has 0 radical (unpaired) electrons. The molecule has 1 nitrogen and oxygen atoms in total. The van der Waals surface area contributed by atoms with E-state index in [0.29, 0.717) is 0 Å². The highest BCUT2D eigenvalue weighted by Crippen LogP contribution is 2.26. The molecule has 0 aromatic heterocycles. The third-order valence-corrected chi connectivity index (χ3v) is 5.44. The first-order valence-electron chi connectivity index (χ1n) is 5.78. The molecule has 0 aromatic carbocycles. The minimum absolute atomic E-state index is 0.915. The molecule has 0 aliphatic carbocycles. The topological polar surface area (TPSA) is 3.24 Å². The molecule has 3 heteroatoms. The number of halogens is 1. The zero-order valence-electron chi connectivity index (χ0n) is 8.75. The van der Waals surface area contributed by atoms with E-state index in [1.54, 1.807) is 0 Å². The molecule has 0 N–H and O–H groups in total. The van der Waals surface area contributed by atoms with Gasteiger partial charge in [-0.1, -0.05) is 15.9 Å². The number of hydrogen-bond acceptors (Lipinski definition) is 2. The Hall–Kier alpha value is 0.790. The van der Waals surface area contributed by atoms with Crippen molar-refractivity contribution >= 4 is 27.7 Å². The van der Waals surface area contributed by atoms with Crippen LogP contribution in [-0.4, -0.2) is 40.9 Å². The Morgan fingerprint density at radius 3 is 2.71 bits per heavy atom. The average molecular weight is 278 g/mol. The number of nitrogens with zero attached hydrogens (tertiary/aromatic N) is 1. The molecular formula is C11H20BrNS. The Morgan fingerprint density at radius 1 is 1.21 bits per heavy atom. The third-order valence-electron chi connectivity index (χ3n) is 3.48. The molecule has 2 saturated heterocycles. The van der Waals surface area contributed by atoms with Gasteiger partial charge in [-0.05, 0) is 49.7 Å². The molecular weight excluding hydrogens is 258 g/mol. The Balaban J connectivity index is 1.83. The summed E-state index contributed by atoms with van der Waals surface area (Å²) < 4.78 is 0. The molecule has 0 saturated carbocycles. The Morgan fingerprint density at radius 2 is 2.00 bits per heavy atom. The van der Waals surface area contributed by atoms with Crippen LogP contribution in [-0.2, 0) is 0 Å². The molecule has 2 rings (SSSR count). The fourth-order valence-corrected chi connectivity index (χ4v) is 4.22. The van der Waals surface area contributed by atoms with Crippen molar-refractivity contribution in [2.45, 2.75) is 31.7 Å². The van der Waals surface area contributed by atoms with E-state index in [0.717, 1.165) is 12.0 Å². The van der Waals surface area contributed by atoms with E-state index in [9.17, 15) is 0 Å². The molecule has 0 amide bonds. The van der Waals surface area contributed by atoms with E-state index in [4.69, 9.17) is 0 Å². The molecule has 2 heterocycles. The van der Waals surface area contributed by atoms with Gasteiger partial charge in [0.25, 0.3) is 0 Å². The minimum atomic E-state index is 0.915. The zero-order valence-corrected chi connectivity index (χ0v) is 11.2. The van der Waals surface area contributed by atoms with Gasteiger partial charge in [0.2, 0.25) is 0 Å². The first-order chi connectivity index (χ1) is 6.90. The van der Waals surface area contributed by atoms with Crippen molar-refractivity contribution in [2.24, 2.45) is 5.92 Å². The second-order valence-electron chi connectivity index (χ2n) is 4.50. The van der Waals surface area contributed by atoms with E-state index in [2.05, 4.69) is 32.6 Å². The lowest BCUT2D eigenvalue weighted by atomic mass is 9.97. The highest BCUT2D eigenvalue weighted by atomic mass is 79.9. The number of rotatable bonds is 2. The maximum atomic E-state index is 3.63. The molecule has 0 bridgehead atoms. The average Bonchev–Trinajstić information content (AvgIpc) is 2.30.